The maximum Gasteiger partial charge on any atom is 0.227 e. The van der Waals surface area contributed by atoms with Crippen LogP contribution in [0.1, 0.15) is 37.0 Å². The van der Waals surface area contributed by atoms with Gasteiger partial charge in [-0.1, -0.05) is 6.92 Å². The van der Waals surface area contributed by atoms with Crippen LogP contribution in [0.2, 0.25) is 0 Å². The topological polar surface area (TPSA) is 67.2 Å². The molecule has 0 aliphatic carbocycles. The molecule has 3 rings (SSSR count). The Labute approximate surface area is 167 Å². The number of hydrogen-bond acceptors (Lipinski definition) is 5. The zero-order chi connectivity index (χ0) is 20.3. The summed E-state index contributed by atoms with van der Waals surface area (Å²) in [5.41, 5.74) is 2.08. The zero-order valence-corrected chi connectivity index (χ0v) is 17.7. The van der Waals surface area contributed by atoms with Crippen LogP contribution in [0, 0.1) is 25.7 Å². The molecule has 0 N–H and O–H groups in total. The maximum absolute atomic E-state index is 12.8. The predicted molar refractivity (Wildman–Crippen MR) is 110 cm³/mol. The summed E-state index contributed by atoms with van der Waals surface area (Å²) < 4.78 is 1.87. The smallest absolute Gasteiger partial charge is 0.227 e. The van der Waals surface area contributed by atoms with Gasteiger partial charge in [-0.2, -0.15) is 5.10 Å². The molecular formula is C21H32N6O. The number of carbonyl (C=O) groups excluding carboxylic acids is 1. The van der Waals surface area contributed by atoms with E-state index in [-0.39, 0.29) is 11.8 Å². The number of rotatable bonds is 6. The van der Waals surface area contributed by atoms with Crippen LogP contribution in [-0.2, 0) is 17.8 Å². The molecule has 7 nitrogen and oxygen atoms in total. The van der Waals surface area contributed by atoms with E-state index in [2.05, 4.69) is 21.1 Å². The van der Waals surface area contributed by atoms with Crippen molar-refractivity contribution in [3.63, 3.8) is 0 Å². The van der Waals surface area contributed by atoms with E-state index in [1.807, 2.05) is 61.6 Å². The van der Waals surface area contributed by atoms with Crippen molar-refractivity contribution in [1.82, 2.24) is 24.6 Å². The molecule has 2 aromatic heterocycles. The van der Waals surface area contributed by atoms with Gasteiger partial charge in [0.15, 0.2) is 0 Å². The van der Waals surface area contributed by atoms with Crippen LogP contribution in [0.25, 0.3) is 0 Å². The van der Waals surface area contributed by atoms with Gasteiger partial charge in [0, 0.05) is 45.1 Å². The fourth-order valence-electron chi connectivity index (χ4n) is 3.83. The van der Waals surface area contributed by atoms with Crippen LogP contribution in [0.5, 0.6) is 0 Å². The van der Waals surface area contributed by atoms with Crippen LogP contribution in [0.4, 0.5) is 5.82 Å². The SMILES string of the molecule is Cc1ccn(C[C@@H](C)C(=O)N2CCC(Cc3cc(N(C)C)nc(C)n3)CC2)n1. The fourth-order valence-corrected chi connectivity index (χ4v) is 3.83. The predicted octanol–water partition coefficient (Wildman–Crippen LogP) is 2.47. The van der Waals surface area contributed by atoms with Crippen molar-refractivity contribution in [3.8, 4) is 0 Å². The first-order valence-electron chi connectivity index (χ1n) is 10.1. The second kappa shape index (κ2) is 8.71. The molecule has 2 aromatic rings. The summed E-state index contributed by atoms with van der Waals surface area (Å²) in [6.45, 7) is 8.21. The van der Waals surface area contributed by atoms with Crippen LogP contribution in [0.3, 0.4) is 0 Å². The summed E-state index contributed by atoms with van der Waals surface area (Å²) in [4.78, 5) is 25.9. The van der Waals surface area contributed by atoms with Gasteiger partial charge in [0.25, 0.3) is 0 Å². The number of amides is 1. The second-order valence-corrected chi connectivity index (χ2v) is 8.21. The van der Waals surface area contributed by atoms with Crippen molar-refractivity contribution in [3.05, 3.63) is 35.5 Å². The highest BCUT2D eigenvalue weighted by Crippen LogP contribution is 2.23. The lowest BCUT2D eigenvalue weighted by molar-refractivity contribution is -0.136. The molecular weight excluding hydrogens is 352 g/mol. The molecule has 1 atom stereocenters. The minimum atomic E-state index is -0.0528. The molecule has 1 aliphatic rings. The Kier molecular flexibility index (Phi) is 6.31. The Hall–Kier alpha value is -2.44. The van der Waals surface area contributed by atoms with Crippen molar-refractivity contribution in [2.24, 2.45) is 11.8 Å². The number of hydrogen-bond donors (Lipinski definition) is 0. The quantitative estimate of drug-likeness (QED) is 0.765. The summed E-state index contributed by atoms with van der Waals surface area (Å²) in [5.74, 6) is 2.52. The highest BCUT2D eigenvalue weighted by atomic mass is 16.2. The molecule has 0 radical (unpaired) electrons. The van der Waals surface area contributed by atoms with E-state index >= 15 is 0 Å². The van der Waals surface area contributed by atoms with Crippen molar-refractivity contribution in [2.75, 3.05) is 32.1 Å². The van der Waals surface area contributed by atoms with Gasteiger partial charge < -0.3 is 9.80 Å². The molecule has 7 heteroatoms. The largest absolute Gasteiger partial charge is 0.363 e. The van der Waals surface area contributed by atoms with Gasteiger partial charge in [0.05, 0.1) is 18.2 Å². The molecule has 0 spiro atoms. The molecule has 152 valence electrons. The Morgan fingerprint density at radius 2 is 1.96 bits per heavy atom. The summed E-state index contributed by atoms with van der Waals surface area (Å²) in [7, 11) is 4.00. The Bertz CT molecular complexity index is 807. The summed E-state index contributed by atoms with van der Waals surface area (Å²) in [6.07, 6.45) is 4.95. The third-order valence-electron chi connectivity index (χ3n) is 5.42. The number of aromatic nitrogens is 4. The van der Waals surface area contributed by atoms with E-state index in [0.29, 0.717) is 12.5 Å². The highest BCUT2D eigenvalue weighted by molar-refractivity contribution is 5.78. The van der Waals surface area contributed by atoms with Gasteiger partial charge in [-0.25, -0.2) is 9.97 Å². The van der Waals surface area contributed by atoms with Crippen molar-refractivity contribution >= 4 is 11.7 Å². The van der Waals surface area contributed by atoms with Gasteiger partial charge in [-0.3, -0.25) is 9.48 Å². The molecule has 3 heterocycles. The summed E-state index contributed by atoms with van der Waals surface area (Å²) >= 11 is 0. The third kappa shape index (κ3) is 5.09. The van der Waals surface area contributed by atoms with Crippen LogP contribution in [0.15, 0.2) is 18.3 Å². The molecule has 0 bridgehead atoms. The van der Waals surface area contributed by atoms with E-state index in [1.54, 1.807) is 0 Å². The van der Waals surface area contributed by atoms with E-state index in [4.69, 9.17) is 0 Å². The summed E-state index contributed by atoms with van der Waals surface area (Å²) in [6, 6.07) is 4.05. The molecule has 0 unspecified atom stereocenters. The minimum Gasteiger partial charge on any atom is -0.363 e. The molecule has 1 aliphatic heterocycles. The number of nitrogens with zero attached hydrogens (tertiary/aromatic N) is 6. The molecule has 1 saturated heterocycles. The Morgan fingerprint density at radius 1 is 1.25 bits per heavy atom. The molecule has 0 aromatic carbocycles. The molecule has 0 saturated carbocycles. The van der Waals surface area contributed by atoms with Gasteiger partial charge in [-0.15, -0.1) is 0 Å². The van der Waals surface area contributed by atoms with E-state index in [0.717, 1.165) is 55.4 Å². The van der Waals surface area contributed by atoms with E-state index in [1.165, 1.54) is 0 Å². The van der Waals surface area contributed by atoms with Crippen LogP contribution in [-0.4, -0.2) is 57.7 Å². The number of carbonyl (C=O) groups is 1. The lowest BCUT2D eigenvalue weighted by atomic mass is 9.91. The molecule has 1 fully saturated rings. The zero-order valence-electron chi connectivity index (χ0n) is 17.7. The average molecular weight is 385 g/mol. The lowest BCUT2D eigenvalue weighted by Gasteiger charge is -2.33. The van der Waals surface area contributed by atoms with Crippen molar-refractivity contribution in [2.45, 2.75) is 46.6 Å². The number of anilines is 1. The van der Waals surface area contributed by atoms with Crippen molar-refractivity contribution in [1.29, 1.82) is 0 Å². The number of aryl methyl sites for hydroxylation is 2. The minimum absolute atomic E-state index is 0.0528. The average Bonchev–Trinajstić information content (AvgIpc) is 3.06. The van der Waals surface area contributed by atoms with Gasteiger partial charge in [0.1, 0.15) is 11.6 Å². The first kappa shape index (κ1) is 20.3. The normalized spacial score (nSPS) is 16.2. The van der Waals surface area contributed by atoms with Gasteiger partial charge in [0.2, 0.25) is 5.91 Å². The number of piperidine rings is 1. The summed E-state index contributed by atoms with van der Waals surface area (Å²) in [5, 5.41) is 4.39. The first-order chi connectivity index (χ1) is 13.3. The maximum atomic E-state index is 12.8. The third-order valence-corrected chi connectivity index (χ3v) is 5.42. The van der Waals surface area contributed by atoms with Crippen LogP contribution < -0.4 is 4.90 Å². The van der Waals surface area contributed by atoms with Gasteiger partial charge >= 0.3 is 0 Å². The first-order valence-corrected chi connectivity index (χ1v) is 10.1. The van der Waals surface area contributed by atoms with Crippen LogP contribution >= 0.6 is 0 Å². The molecule has 1 amide bonds. The second-order valence-electron chi connectivity index (χ2n) is 8.21. The molecule has 28 heavy (non-hydrogen) atoms. The number of likely N-dealkylation sites (tertiary alicyclic amines) is 1. The highest BCUT2D eigenvalue weighted by Gasteiger charge is 2.26. The van der Waals surface area contributed by atoms with Crippen molar-refractivity contribution < 1.29 is 4.79 Å². The Balaban J connectivity index is 1.52. The fraction of sp³-hybridized carbons (Fsp3) is 0.619. The monoisotopic (exact) mass is 384 g/mol. The van der Waals surface area contributed by atoms with E-state index in [9.17, 15) is 4.79 Å². The van der Waals surface area contributed by atoms with E-state index < -0.39 is 0 Å². The van der Waals surface area contributed by atoms with Gasteiger partial charge in [-0.05, 0) is 45.1 Å². The Morgan fingerprint density at radius 3 is 2.57 bits per heavy atom. The lowest BCUT2D eigenvalue weighted by Crippen LogP contribution is -2.42. The standard InChI is InChI=1S/C21H32N6O/c1-15(14-27-11-6-16(2)24-27)21(28)26-9-7-18(8-10-26)12-19-13-20(25(4)5)23-17(3)22-19/h6,11,13,15,18H,7-10,12,14H2,1-5H3/t15-/m1/s1.